The van der Waals surface area contributed by atoms with Crippen LogP contribution >= 0.6 is 0 Å². The zero-order valence-corrected chi connectivity index (χ0v) is 11.8. The van der Waals surface area contributed by atoms with Crippen LogP contribution in [-0.2, 0) is 0 Å². The van der Waals surface area contributed by atoms with Gasteiger partial charge in [0, 0.05) is 0 Å². The maximum Gasteiger partial charge on any atom is 0.243 e. The van der Waals surface area contributed by atoms with Crippen molar-refractivity contribution in [3.8, 4) is 0 Å². The number of nitrogens with zero attached hydrogens (tertiary/aromatic N) is 3. The van der Waals surface area contributed by atoms with Gasteiger partial charge in [0.25, 0.3) is 0 Å². The average molecular weight is 264 g/mol. The summed E-state index contributed by atoms with van der Waals surface area (Å²) in [4.78, 5) is 7.14. The van der Waals surface area contributed by atoms with Crippen LogP contribution in [0.15, 0.2) is 4.52 Å². The Balaban J connectivity index is 1.72. The van der Waals surface area contributed by atoms with E-state index < -0.39 is 0 Å². The van der Waals surface area contributed by atoms with Crippen LogP contribution < -0.4 is 5.32 Å². The van der Waals surface area contributed by atoms with E-state index in [4.69, 9.17) is 4.52 Å². The van der Waals surface area contributed by atoms with Crippen molar-refractivity contribution in [2.75, 3.05) is 19.6 Å². The van der Waals surface area contributed by atoms with Crippen LogP contribution in [0.4, 0.5) is 0 Å². The highest BCUT2D eigenvalue weighted by Gasteiger charge is 2.28. The molecule has 0 saturated carbocycles. The minimum absolute atomic E-state index is 0.272. The van der Waals surface area contributed by atoms with Crippen LogP contribution in [0.2, 0.25) is 0 Å². The molecule has 2 unspecified atom stereocenters. The van der Waals surface area contributed by atoms with E-state index in [0.29, 0.717) is 6.04 Å². The van der Waals surface area contributed by atoms with Crippen LogP contribution in [0.25, 0.3) is 0 Å². The SMILES string of the molecule is CCN1CCCCC1c1noc(C2CCCCN2)n1. The van der Waals surface area contributed by atoms with Crippen molar-refractivity contribution in [3.05, 3.63) is 11.7 Å². The largest absolute Gasteiger partial charge is 0.338 e. The Morgan fingerprint density at radius 1 is 1.26 bits per heavy atom. The Morgan fingerprint density at radius 2 is 2.16 bits per heavy atom. The fraction of sp³-hybridized carbons (Fsp3) is 0.857. The van der Waals surface area contributed by atoms with Crippen LogP contribution in [0.5, 0.6) is 0 Å². The summed E-state index contributed by atoms with van der Waals surface area (Å²) in [6.45, 7) is 5.50. The fourth-order valence-electron chi connectivity index (χ4n) is 3.25. The molecule has 5 heteroatoms. The van der Waals surface area contributed by atoms with E-state index in [0.717, 1.165) is 44.2 Å². The maximum absolute atomic E-state index is 5.50. The Kier molecular flexibility index (Phi) is 4.13. The second-order valence-electron chi connectivity index (χ2n) is 5.63. The number of rotatable bonds is 3. The van der Waals surface area contributed by atoms with Gasteiger partial charge in [-0.3, -0.25) is 4.90 Å². The van der Waals surface area contributed by atoms with E-state index >= 15 is 0 Å². The maximum atomic E-state index is 5.50. The minimum atomic E-state index is 0.272. The van der Waals surface area contributed by atoms with Crippen LogP contribution in [0.1, 0.15) is 69.2 Å². The quantitative estimate of drug-likeness (QED) is 0.908. The van der Waals surface area contributed by atoms with Crippen molar-refractivity contribution in [2.24, 2.45) is 0 Å². The lowest BCUT2D eigenvalue weighted by atomic mass is 10.0. The zero-order chi connectivity index (χ0) is 13.1. The molecule has 1 aromatic heterocycles. The molecule has 5 nitrogen and oxygen atoms in total. The Bertz CT molecular complexity index is 400. The predicted octanol–water partition coefficient (Wildman–Crippen LogP) is 2.43. The molecule has 0 spiro atoms. The Labute approximate surface area is 114 Å². The molecule has 3 rings (SSSR count). The molecule has 3 heterocycles. The highest BCUT2D eigenvalue weighted by Crippen LogP contribution is 2.30. The van der Waals surface area contributed by atoms with Crippen molar-refractivity contribution in [3.63, 3.8) is 0 Å². The van der Waals surface area contributed by atoms with Crippen molar-refractivity contribution in [1.29, 1.82) is 0 Å². The molecular formula is C14H24N4O. The van der Waals surface area contributed by atoms with Gasteiger partial charge < -0.3 is 9.84 Å². The number of hydrogen-bond acceptors (Lipinski definition) is 5. The van der Waals surface area contributed by atoms with E-state index in [1.54, 1.807) is 0 Å². The van der Waals surface area contributed by atoms with Gasteiger partial charge in [0.2, 0.25) is 5.89 Å². The van der Waals surface area contributed by atoms with Gasteiger partial charge in [-0.2, -0.15) is 4.98 Å². The summed E-state index contributed by atoms with van der Waals surface area (Å²) >= 11 is 0. The molecule has 0 bridgehead atoms. The second kappa shape index (κ2) is 6.01. The smallest absolute Gasteiger partial charge is 0.243 e. The summed E-state index contributed by atoms with van der Waals surface area (Å²) in [7, 11) is 0. The lowest BCUT2D eigenvalue weighted by molar-refractivity contribution is 0.147. The van der Waals surface area contributed by atoms with Crippen molar-refractivity contribution < 1.29 is 4.52 Å². The highest BCUT2D eigenvalue weighted by molar-refractivity contribution is 5.00. The average Bonchev–Trinajstić information content (AvgIpc) is 2.98. The molecule has 2 aliphatic heterocycles. The summed E-state index contributed by atoms with van der Waals surface area (Å²) in [5, 5.41) is 7.71. The molecule has 19 heavy (non-hydrogen) atoms. The number of likely N-dealkylation sites (tertiary alicyclic amines) is 1. The van der Waals surface area contributed by atoms with Crippen molar-refractivity contribution in [2.45, 2.75) is 57.5 Å². The molecule has 0 aliphatic carbocycles. The fourth-order valence-corrected chi connectivity index (χ4v) is 3.25. The standard InChI is InChI=1S/C14H24N4O/c1-2-18-10-6-4-8-12(18)13-16-14(19-17-13)11-7-3-5-9-15-11/h11-12,15H,2-10H2,1H3. The van der Waals surface area contributed by atoms with Crippen LogP contribution in [0.3, 0.4) is 0 Å². The van der Waals surface area contributed by atoms with Gasteiger partial charge >= 0.3 is 0 Å². The molecule has 2 fully saturated rings. The molecular weight excluding hydrogens is 240 g/mol. The van der Waals surface area contributed by atoms with E-state index in [-0.39, 0.29) is 6.04 Å². The molecule has 1 aromatic rings. The zero-order valence-electron chi connectivity index (χ0n) is 11.8. The normalized spacial score (nSPS) is 29.5. The lowest BCUT2D eigenvalue weighted by Crippen LogP contribution is -2.33. The predicted molar refractivity (Wildman–Crippen MR) is 72.7 cm³/mol. The molecule has 0 amide bonds. The van der Waals surface area contributed by atoms with Gasteiger partial charge in [0.1, 0.15) is 0 Å². The van der Waals surface area contributed by atoms with E-state index in [1.165, 1.54) is 25.7 Å². The molecule has 0 aromatic carbocycles. The van der Waals surface area contributed by atoms with Gasteiger partial charge in [-0.05, 0) is 45.3 Å². The van der Waals surface area contributed by atoms with Gasteiger partial charge in [-0.25, -0.2) is 0 Å². The number of nitrogens with one attached hydrogen (secondary N) is 1. The van der Waals surface area contributed by atoms with E-state index in [2.05, 4.69) is 27.3 Å². The monoisotopic (exact) mass is 264 g/mol. The van der Waals surface area contributed by atoms with Crippen LogP contribution in [-0.4, -0.2) is 34.7 Å². The second-order valence-corrected chi connectivity index (χ2v) is 5.63. The summed E-state index contributed by atoms with van der Waals surface area (Å²) < 4.78 is 5.50. The molecule has 106 valence electrons. The molecule has 0 radical (unpaired) electrons. The number of hydrogen-bond donors (Lipinski definition) is 1. The lowest BCUT2D eigenvalue weighted by Gasteiger charge is -2.32. The highest BCUT2D eigenvalue weighted by atomic mass is 16.5. The van der Waals surface area contributed by atoms with Crippen LogP contribution in [0, 0.1) is 0 Å². The Morgan fingerprint density at radius 3 is 2.95 bits per heavy atom. The third-order valence-corrected chi connectivity index (χ3v) is 4.38. The minimum Gasteiger partial charge on any atom is -0.338 e. The first-order valence-corrected chi connectivity index (χ1v) is 7.69. The third kappa shape index (κ3) is 2.82. The van der Waals surface area contributed by atoms with Gasteiger partial charge in [-0.1, -0.05) is 24.9 Å². The first-order valence-electron chi connectivity index (χ1n) is 7.69. The van der Waals surface area contributed by atoms with Gasteiger partial charge in [-0.15, -0.1) is 0 Å². The molecule has 2 aliphatic rings. The van der Waals surface area contributed by atoms with E-state index in [9.17, 15) is 0 Å². The van der Waals surface area contributed by atoms with E-state index in [1.807, 2.05) is 0 Å². The first-order chi connectivity index (χ1) is 9.38. The number of aromatic nitrogens is 2. The summed E-state index contributed by atoms with van der Waals surface area (Å²) in [5.41, 5.74) is 0. The molecule has 2 saturated heterocycles. The van der Waals surface area contributed by atoms with Crippen molar-refractivity contribution in [1.82, 2.24) is 20.4 Å². The molecule has 1 N–H and O–H groups in total. The molecule has 2 atom stereocenters. The van der Waals surface area contributed by atoms with Gasteiger partial charge in [0.15, 0.2) is 5.82 Å². The number of piperidine rings is 2. The summed E-state index contributed by atoms with van der Waals surface area (Å²) in [6, 6.07) is 0.633. The third-order valence-electron chi connectivity index (χ3n) is 4.38. The summed E-state index contributed by atoms with van der Waals surface area (Å²) in [6.07, 6.45) is 7.34. The first kappa shape index (κ1) is 13.1. The van der Waals surface area contributed by atoms with Gasteiger partial charge in [0.05, 0.1) is 12.1 Å². The summed E-state index contributed by atoms with van der Waals surface area (Å²) in [5.74, 6) is 1.68. The Hall–Kier alpha value is -0.940. The topological polar surface area (TPSA) is 54.2 Å². The van der Waals surface area contributed by atoms with Crippen molar-refractivity contribution >= 4 is 0 Å².